The molecular weight excluding hydrogens is 358 g/mol. The fourth-order valence-corrected chi connectivity index (χ4v) is 5.36. The van der Waals surface area contributed by atoms with Crippen LogP contribution >= 0.6 is 11.3 Å². The summed E-state index contributed by atoms with van der Waals surface area (Å²) in [5.74, 6) is -0.214. The molecule has 0 unspecified atom stereocenters. The number of nitrogens with one attached hydrogen (secondary N) is 2. The Balaban J connectivity index is 1.59. The van der Waals surface area contributed by atoms with Crippen LogP contribution in [-0.2, 0) is 12.8 Å². The molecule has 2 aliphatic rings. The molecule has 5 nitrogen and oxygen atoms in total. The van der Waals surface area contributed by atoms with E-state index in [9.17, 15) is 9.59 Å². The van der Waals surface area contributed by atoms with Gasteiger partial charge in [-0.25, -0.2) is 0 Å². The third-order valence-corrected chi connectivity index (χ3v) is 6.72. The van der Waals surface area contributed by atoms with E-state index in [1.54, 1.807) is 35.9 Å². The van der Waals surface area contributed by atoms with Gasteiger partial charge >= 0.3 is 0 Å². The van der Waals surface area contributed by atoms with Crippen molar-refractivity contribution in [1.29, 1.82) is 0 Å². The first-order valence-electron chi connectivity index (χ1n) is 9.89. The van der Waals surface area contributed by atoms with Crippen molar-refractivity contribution in [3.8, 4) is 0 Å². The number of hydrogen-bond acceptors (Lipinski definition) is 4. The second-order valence-corrected chi connectivity index (χ2v) is 8.52. The molecule has 0 bridgehead atoms. The molecule has 27 heavy (non-hydrogen) atoms. The number of rotatable bonds is 4. The topological polar surface area (TPSA) is 71.1 Å². The Labute approximate surface area is 163 Å². The number of carbonyl (C=O) groups excluding carboxylic acids is 2. The summed E-state index contributed by atoms with van der Waals surface area (Å²) in [6, 6.07) is 3.63. The van der Waals surface area contributed by atoms with E-state index in [4.69, 9.17) is 0 Å². The summed E-state index contributed by atoms with van der Waals surface area (Å²) in [7, 11) is 0. The third-order valence-electron chi connectivity index (χ3n) is 5.51. The number of fused-ring (bicyclic) bond motifs is 1. The average Bonchev–Trinajstić information content (AvgIpc) is 3.07. The van der Waals surface area contributed by atoms with Gasteiger partial charge in [0.15, 0.2) is 0 Å². The molecule has 2 aromatic heterocycles. The van der Waals surface area contributed by atoms with Crippen LogP contribution in [0.1, 0.15) is 76.1 Å². The number of anilines is 1. The number of aryl methyl sites for hydroxylation is 1. The quantitative estimate of drug-likeness (QED) is 0.825. The van der Waals surface area contributed by atoms with E-state index >= 15 is 0 Å². The zero-order valence-electron chi connectivity index (χ0n) is 15.4. The van der Waals surface area contributed by atoms with Gasteiger partial charge in [0.25, 0.3) is 11.8 Å². The third kappa shape index (κ3) is 4.05. The molecule has 1 fully saturated rings. The molecule has 0 aliphatic heterocycles. The monoisotopic (exact) mass is 383 g/mol. The van der Waals surface area contributed by atoms with Gasteiger partial charge in [-0.15, -0.1) is 11.3 Å². The van der Waals surface area contributed by atoms with Crippen LogP contribution in [-0.4, -0.2) is 22.8 Å². The SMILES string of the molecule is O=C(Nc1sc2c(c1C(=O)NC1CCCCC1)CCCC2)c1ccncc1. The van der Waals surface area contributed by atoms with Crippen LogP contribution in [0.2, 0.25) is 0 Å². The van der Waals surface area contributed by atoms with Crippen LogP contribution in [0.25, 0.3) is 0 Å². The summed E-state index contributed by atoms with van der Waals surface area (Å²) in [5, 5.41) is 6.92. The molecule has 0 radical (unpaired) electrons. The van der Waals surface area contributed by atoms with E-state index < -0.39 is 0 Å². The van der Waals surface area contributed by atoms with Crippen molar-refractivity contribution in [2.45, 2.75) is 63.8 Å². The summed E-state index contributed by atoms with van der Waals surface area (Å²) in [4.78, 5) is 31.0. The van der Waals surface area contributed by atoms with Gasteiger partial charge in [-0.2, -0.15) is 0 Å². The number of nitrogens with zero attached hydrogens (tertiary/aromatic N) is 1. The van der Waals surface area contributed by atoms with Gasteiger partial charge in [-0.3, -0.25) is 14.6 Å². The lowest BCUT2D eigenvalue weighted by molar-refractivity contribution is 0.0928. The van der Waals surface area contributed by atoms with Crippen LogP contribution < -0.4 is 10.6 Å². The second-order valence-electron chi connectivity index (χ2n) is 7.41. The molecule has 2 aromatic rings. The molecule has 2 N–H and O–H groups in total. The maximum Gasteiger partial charge on any atom is 0.256 e. The van der Waals surface area contributed by atoms with E-state index in [2.05, 4.69) is 15.6 Å². The molecule has 4 rings (SSSR count). The molecule has 142 valence electrons. The standard InChI is InChI=1S/C21H25N3O2S/c25-19(14-10-12-22-13-11-14)24-21-18(16-8-4-5-9-17(16)27-21)20(26)23-15-6-2-1-3-7-15/h10-13,15H,1-9H2,(H,23,26)(H,24,25). The highest BCUT2D eigenvalue weighted by molar-refractivity contribution is 7.17. The molecular formula is C21H25N3O2S. The minimum Gasteiger partial charge on any atom is -0.349 e. The molecule has 0 spiro atoms. The number of pyridine rings is 1. The van der Waals surface area contributed by atoms with Crippen LogP contribution in [0, 0.1) is 0 Å². The maximum atomic E-state index is 13.1. The van der Waals surface area contributed by atoms with Gasteiger partial charge in [-0.1, -0.05) is 19.3 Å². The Bertz CT molecular complexity index is 825. The Morgan fingerprint density at radius 3 is 2.48 bits per heavy atom. The van der Waals surface area contributed by atoms with Crippen LogP contribution in [0.15, 0.2) is 24.5 Å². The fraction of sp³-hybridized carbons (Fsp3) is 0.476. The van der Waals surface area contributed by atoms with Gasteiger partial charge < -0.3 is 10.6 Å². The van der Waals surface area contributed by atoms with Crippen molar-refractivity contribution in [2.24, 2.45) is 0 Å². The normalized spacial score (nSPS) is 17.2. The highest BCUT2D eigenvalue weighted by Gasteiger charge is 2.28. The summed E-state index contributed by atoms with van der Waals surface area (Å²) < 4.78 is 0. The number of hydrogen-bond donors (Lipinski definition) is 2. The summed E-state index contributed by atoms with van der Waals surface area (Å²) in [6.07, 6.45) is 13.1. The zero-order valence-corrected chi connectivity index (χ0v) is 16.2. The van der Waals surface area contributed by atoms with Crippen LogP contribution in [0.5, 0.6) is 0 Å². The lowest BCUT2D eigenvalue weighted by Crippen LogP contribution is -2.37. The molecule has 6 heteroatoms. The van der Waals surface area contributed by atoms with E-state index in [1.165, 1.54) is 24.1 Å². The van der Waals surface area contributed by atoms with Gasteiger partial charge in [-0.05, 0) is 56.2 Å². The first-order valence-corrected chi connectivity index (χ1v) is 10.7. The Morgan fingerprint density at radius 1 is 0.963 bits per heavy atom. The van der Waals surface area contributed by atoms with Crippen molar-refractivity contribution in [3.05, 3.63) is 46.1 Å². The molecule has 0 aromatic carbocycles. The Kier molecular flexibility index (Phi) is 5.53. The minimum absolute atomic E-state index is 0.0219. The number of carbonyl (C=O) groups is 2. The highest BCUT2D eigenvalue weighted by atomic mass is 32.1. The van der Waals surface area contributed by atoms with Crippen molar-refractivity contribution in [2.75, 3.05) is 5.32 Å². The first kappa shape index (κ1) is 18.2. The molecule has 0 saturated heterocycles. The smallest absolute Gasteiger partial charge is 0.256 e. The Hall–Kier alpha value is -2.21. The predicted octanol–water partition coefficient (Wildman–Crippen LogP) is 4.34. The van der Waals surface area contributed by atoms with Gasteiger partial charge in [0.05, 0.1) is 5.56 Å². The summed E-state index contributed by atoms with van der Waals surface area (Å²) >= 11 is 1.57. The van der Waals surface area contributed by atoms with Crippen molar-refractivity contribution in [3.63, 3.8) is 0 Å². The number of thiophene rings is 1. The molecule has 1 saturated carbocycles. The van der Waals surface area contributed by atoms with E-state index in [0.717, 1.165) is 44.1 Å². The average molecular weight is 384 g/mol. The maximum absolute atomic E-state index is 13.1. The molecule has 2 aliphatic carbocycles. The lowest BCUT2D eigenvalue weighted by Gasteiger charge is -2.23. The van der Waals surface area contributed by atoms with Crippen LogP contribution in [0.4, 0.5) is 5.00 Å². The number of aromatic nitrogens is 1. The van der Waals surface area contributed by atoms with Crippen LogP contribution in [0.3, 0.4) is 0 Å². The largest absolute Gasteiger partial charge is 0.349 e. The molecule has 0 atom stereocenters. The van der Waals surface area contributed by atoms with E-state index in [1.807, 2.05) is 0 Å². The van der Waals surface area contributed by atoms with Crippen molar-refractivity contribution < 1.29 is 9.59 Å². The lowest BCUT2D eigenvalue weighted by atomic mass is 9.93. The summed E-state index contributed by atoms with van der Waals surface area (Å²) in [5.41, 5.74) is 2.39. The van der Waals surface area contributed by atoms with E-state index in [-0.39, 0.29) is 17.9 Å². The van der Waals surface area contributed by atoms with Crippen molar-refractivity contribution >= 4 is 28.2 Å². The van der Waals surface area contributed by atoms with Crippen molar-refractivity contribution in [1.82, 2.24) is 10.3 Å². The summed E-state index contributed by atoms with van der Waals surface area (Å²) in [6.45, 7) is 0. The number of amides is 2. The van der Waals surface area contributed by atoms with E-state index in [0.29, 0.717) is 16.1 Å². The predicted molar refractivity (Wildman–Crippen MR) is 107 cm³/mol. The molecule has 2 amide bonds. The van der Waals surface area contributed by atoms with Gasteiger partial charge in [0, 0.05) is 28.9 Å². The Morgan fingerprint density at radius 2 is 1.70 bits per heavy atom. The first-order chi connectivity index (χ1) is 13.2. The highest BCUT2D eigenvalue weighted by Crippen LogP contribution is 2.38. The molecule has 2 heterocycles. The van der Waals surface area contributed by atoms with Gasteiger partial charge in [0.2, 0.25) is 0 Å². The fourth-order valence-electron chi connectivity index (χ4n) is 4.08. The minimum atomic E-state index is -0.192. The second kappa shape index (κ2) is 8.21. The zero-order chi connectivity index (χ0) is 18.6. The van der Waals surface area contributed by atoms with Gasteiger partial charge in [0.1, 0.15) is 5.00 Å².